The summed E-state index contributed by atoms with van der Waals surface area (Å²) in [6.07, 6.45) is -2.81. The summed E-state index contributed by atoms with van der Waals surface area (Å²) in [6, 6.07) is 3.51. The molecule has 0 bridgehead atoms. The molecule has 1 heterocycles. The molecular weight excluding hydrogens is 323 g/mol. The van der Waals surface area contributed by atoms with Gasteiger partial charge in [0.2, 0.25) is 0 Å². The SMILES string of the molecule is FC(F)(F)C1CCC(Nc2c(Cl)ccc3nsnc23)CC1. The van der Waals surface area contributed by atoms with Crippen molar-refractivity contribution in [1.29, 1.82) is 0 Å². The Morgan fingerprint density at radius 1 is 1.14 bits per heavy atom. The molecule has 1 N–H and O–H groups in total. The lowest BCUT2D eigenvalue weighted by Gasteiger charge is -2.31. The Hall–Kier alpha value is -1.08. The van der Waals surface area contributed by atoms with Crippen LogP contribution in [0.4, 0.5) is 18.9 Å². The normalized spacial score (nSPS) is 23.4. The van der Waals surface area contributed by atoms with E-state index in [-0.39, 0.29) is 18.9 Å². The van der Waals surface area contributed by atoms with Gasteiger partial charge < -0.3 is 5.32 Å². The second-order valence-electron chi connectivity index (χ2n) is 5.29. The lowest BCUT2D eigenvalue weighted by molar-refractivity contribution is -0.182. The highest BCUT2D eigenvalue weighted by atomic mass is 35.5. The molecule has 2 aromatic rings. The summed E-state index contributed by atoms with van der Waals surface area (Å²) < 4.78 is 46.3. The third-order valence-electron chi connectivity index (χ3n) is 3.92. The fourth-order valence-corrected chi connectivity index (χ4v) is 3.48. The van der Waals surface area contributed by atoms with E-state index in [2.05, 4.69) is 14.1 Å². The Morgan fingerprint density at radius 3 is 2.52 bits per heavy atom. The largest absolute Gasteiger partial charge is 0.391 e. The van der Waals surface area contributed by atoms with Gasteiger partial charge in [-0.15, -0.1) is 0 Å². The van der Waals surface area contributed by atoms with Crippen molar-refractivity contribution in [3.63, 3.8) is 0 Å². The maximum atomic E-state index is 12.7. The second kappa shape index (κ2) is 5.61. The predicted octanol–water partition coefficient (Wildman–Crippen LogP) is 4.88. The Bertz CT molecular complexity index is 635. The summed E-state index contributed by atoms with van der Waals surface area (Å²) in [5, 5.41) is 3.78. The summed E-state index contributed by atoms with van der Waals surface area (Å²) in [7, 11) is 0. The Kier molecular flexibility index (Phi) is 3.96. The van der Waals surface area contributed by atoms with E-state index in [1.807, 2.05) is 0 Å². The fraction of sp³-hybridized carbons (Fsp3) is 0.538. The van der Waals surface area contributed by atoms with Gasteiger partial charge in [-0.1, -0.05) is 11.6 Å². The Labute approximate surface area is 128 Å². The zero-order valence-corrected chi connectivity index (χ0v) is 12.5. The van der Waals surface area contributed by atoms with Crippen LogP contribution in [0.1, 0.15) is 25.7 Å². The van der Waals surface area contributed by atoms with Crippen LogP contribution in [0.15, 0.2) is 12.1 Å². The zero-order chi connectivity index (χ0) is 15.0. The molecule has 0 aliphatic heterocycles. The van der Waals surface area contributed by atoms with E-state index in [9.17, 15) is 13.2 Å². The highest BCUT2D eigenvalue weighted by Gasteiger charge is 2.41. The van der Waals surface area contributed by atoms with Gasteiger partial charge in [-0.3, -0.25) is 0 Å². The summed E-state index contributed by atoms with van der Waals surface area (Å²) in [5.41, 5.74) is 2.11. The Morgan fingerprint density at radius 2 is 1.86 bits per heavy atom. The molecule has 1 aliphatic rings. The number of alkyl halides is 3. The minimum Gasteiger partial charge on any atom is -0.379 e. The number of benzene rings is 1. The summed E-state index contributed by atoms with van der Waals surface area (Å²) in [5.74, 6) is -1.18. The average molecular weight is 336 g/mol. The Balaban J connectivity index is 1.73. The van der Waals surface area contributed by atoms with Crippen molar-refractivity contribution < 1.29 is 13.2 Å². The first-order valence-corrected chi connectivity index (χ1v) is 7.80. The lowest BCUT2D eigenvalue weighted by Crippen LogP contribution is -2.32. The van der Waals surface area contributed by atoms with Crippen LogP contribution in [-0.4, -0.2) is 21.0 Å². The summed E-state index contributed by atoms with van der Waals surface area (Å²) >= 11 is 7.27. The fourth-order valence-electron chi connectivity index (χ4n) is 2.73. The van der Waals surface area contributed by atoms with Crippen molar-refractivity contribution in [3.05, 3.63) is 17.2 Å². The molecule has 0 atom stereocenters. The predicted molar refractivity (Wildman–Crippen MR) is 77.8 cm³/mol. The maximum absolute atomic E-state index is 12.7. The molecule has 1 aliphatic carbocycles. The van der Waals surface area contributed by atoms with E-state index >= 15 is 0 Å². The molecule has 8 heteroatoms. The standard InChI is InChI=1S/C13H13ClF3N3S/c14-9-5-6-10-12(20-21-19-10)11(9)18-8-3-1-7(2-4-8)13(15,16)17/h5-8,18H,1-4H2. The first-order valence-electron chi connectivity index (χ1n) is 6.69. The van der Waals surface area contributed by atoms with Gasteiger partial charge in [0.25, 0.3) is 0 Å². The first-order chi connectivity index (χ1) is 9.95. The van der Waals surface area contributed by atoms with Gasteiger partial charge in [-0.25, -0.2) is 0 Å². The smallest absolute Gasteiger partial charge is 0.379 e. The molecule has 1 fully saturated rings. The molecule has 0 saturated heterocycles. The molecule has 1 saturated carbocycles. The van der Waals surface area contributed by atoms with Crippen LogP contribution in [0, 0.1) is 5.92 Å². The maximum Gasteiger partial charge on any atom is 0.391 e. The van der Waals surface area contributed by atoms with E-state index in [0.717, 1.165) is 17.2 Å². The molecule has 0 unspecified atom stereocenters. The quantitative estimate of drug-likeness (QED) is 0.850. The van der Waals surface area contributed by atoms with Gasteiger partial charge in [0.1, 0.15) is 11.0 Å². The number of nitrogens with one attached hydrogen (secondary N) is 1. The van der Waals surface area contributed by atoms with Crippen molar-refractivity contribution in [2.45, 2.75) is 37.9 Å². The van der Waals surface area contributed by atoms with Crippen molar-refractivity contribution in [2.75, 3.05) is 5.32 Å². The number of aromatic nitrogens is 2. The van der Waals surface area contributed by atoms with Crippen LogP contribution in [-0.2, 0) is 0 Å². The van der Waals surface area contributed by atoms with Gasteiger partial charge in [-0.05, 0) is 37.8 Å². The number of nitrogens with zero attached hydrogens (tertiary/aromatic N) is 2. The van der Waals surface area contributed by atoms with E-state index < -0.39 is 12.1 Å². The summed E-state index contributed by atoms with van der Waals surface area (Å²) in [4.78, 5) is 0. The molecule has 0 amide bonds. The van der Waals surface area contributed by atoms with Crippen LogP contribution in [0.3, 0.4) is 0 Å². The highest BCUT2D eigenvalue weighted by molar-refractivity contribution is 7.00. The molecule has 21 heavy (non-hydrogen) atoms. The van der Waals surface area contributed by atoms with Crippen molar-refractivity contribution >= 4 is 40.0 Å². The van der Waals surface area contributed by atoms with Gasteiger partial charge >= 0.3 is 6.18 Å². The molecule has 3 nitrogen and oxygen atoms in total. The van der Waals surface area contributed by atoms with E-state index in [0.29, 0.717) is 29.1 Å². The number of fused-ring (bicyclic) bond motifs is 1. The second-order valence-corrected chi connectivity index (χ2v) is 6.22. The van der Waals surface area contributed by atoms with E-state index in [1.165, 1.54) is 0 Å². The molecule has 1 aromatic heterocycles. The van der Waals surface area contributed by atoms with Gasteiger partial charge in [-0.2, -0.15) is 21.9 Å². The van der Waals surface area contributed by atoms with Gasteiger partial charge in [0, 0.05) is 6.04 Å². The lowest BCUT2D eigenvalue weighted by atomic mass is 9.85. The van der Waals surface area contributed by atoms with E-state index in [1.54, 1.807) is 12.1 Å². The van der Waals surface area contributed by atoms with Gasteiger partial charge in [0.05, 0.1) is 28.4 Å². The van der Waals surface area contributed by atoms with Crippen molar-refractivity contribution in [3.8, 4) is 0 Å². The third-order valence-corrected chi connectivity index (χ3v) is 4.77. The molecule has 114 valence electrons. The van der Waals surface area contributed by atoms with Crippen LogP contribution in [0.25, 0.3) is 11.0 Å². The average Bonchev–Trinajstić information content (AvgIpc) is 2.90. The minimum atomic E-state index is -4.08. The monoisotopic (exact) mass is 335 g/mol. The number of hydrogen-bond acceptors (Lipinski definition) is 4. The minimum absolute atomic E-state index is 0.00611. The zero-order valence-electron chi connectivity index (χ0n) is 11.0. The van der Waals surface area contributed by atoms with E-state index in [4.69, 9.17) is 11.6 Å². The van der Waals surface area contributed by atoms with Crippen LogP contribution in [0.5, 0.6) is 0 Å². The first kappa shape index (κ1) is 14.8. The summed E-state index contributed by atoms with van der Waals surface area (Å²) in [6.45, 7) is 0. The van der Waals surface area contributed by atoms with Crippen LogP contribution < -0.4 is 5.32 Å². The van der Waals surface area contributed by atoms with Crippen molar-refractivity contribution in [1.82, 2.24) is 8.75 Å². The third kappa shape index (κ3) is 3.08. The van der Waals surface area contributed by atoms with Crippen molar-refractivity contribution in [2.24, 2.45) is 5.92 Å². The van der Waals surface area contributed by atoms with Gasteiger partial charge in [0.15, 0.2) is 0 Å². The number of rotatable bonds is 2. The van der Waals surface area contributed by atoms with Crippen LogP contribution in [0.2, 0.25) is 5.02 Å². The highest BCUT2D eigenvalue weighted by Crippen LogP contribution is 2.39. The number of anilines is 1. The molecular formula is C13H13ClF3N3S. The topological polar surface area (TPSA) is 37.8 Å². The van der Waals surface area contributed by atoms with Crippen LogP contribution >= 0.6 is 23.3 Å². The number of halogens is 4. The molecule has 3 rings (SSSR count). The molecule has 0 spiro atoms. The molecule has 0 radical (unpaired) electrons. The number of hydrogen-bond donors (Lipinski definition) is 1. The molecule has 1 aromatic carbocycles.